The molecule has 11 heteroatoms. The van der Waals surface area contributed by atoms with Gasteiger partial charge in [0, 0.05) is 25.8 Å². The first-order chi connectivity index (χ1) is 16.2. The SMILES string of the molecule is O=C1[N-]C(=O)c2ccccc21.[2H]C([2H])(C)I.[2H]C([2H])(C)N.[2H]C([2H])(C)N1C(=O)c2ccccc2C1=O.[K+].[K+].[OH-]. The molecule has 0 aliphatic carbocycles. The third-order valence-corrected chi connectivity index (χ3v) is 3.61. The number of carbonyl (C=O) groups excluding carboxylic acids is 4. The number of amides is 4. The second kappa shape index (κ2) is 20.8. The molecule has 4 rings (SSSR count). The molecule has 0 saturated carbocycles. The normalized spacial score (nSPS) is 15.8. The van der Waals surface area contributed by atoms with Gasteiger partial charge in [0.05, 0.1) is 22.9 Å². The molecule has 2 aliphatic heterocycles. The summed E-state index contributed by atoms with van der Waals surface area (Å²) in [4.78, 5) is 45.9. The van der Waals surface area contributed by atoms with Crippen LogP contribution in [0.1, 0.15) is 70.4 Å². The van der Waals surface area contributed by atoms with Crippen LogP contribution in [0.3, 0.4) is 0 Å². The third kappa shape index (κ3) is 11.1. The Kier molecular flexibility index (Phi) is 16.8. The van der Waals surface area contributed by atoms with Gasteiger partial charge in [0.2, 0.25) is 0 Å². The maximum Gasteiger partial charge on any atom is 1.00 e. The van der Waals surface area contributed by atoms with Crippen LogP contribution < -0.4 is 109 Å². The van der Waals surface area contributed by atoms with Crippen molar-refractivity contribution in [3.05, 3.63) is 76.1 Å². The second-order valence-corrected chi connectivity index (χ2v) is 6.54. The van der Waals surface area contributed by atoms with E-state index in [1.165, 1.54) is 32.9 Å². The number of benzene rings is 2. The van der Waals surface area contributed by atoms with Gasteiger partial charge in [0.1, 0.15) is 0 Å². The molecule has 3 N–H and O–H groups in total. The minimum atomic E-state index is -1.97. The van der Waals surface area contributed by atoms with Crippen LogP contribution in [0, 0.1) is 0 Å². The fourth-order valence-corrected chi connectivity index (χ4v) is 2.46. The number of carbonyl (C=O) groups is 4. The first-order valence-electron chi connectivity index (χ1n) is 11.6. The van der Waals surface area contributed by atoms with E-state index in [9.17, 15) is 19.2 Å². The van der Waals surface area contributed by atoms with E-state index in [4.69, 9.17) is 8.22 Å². The van der Waals surface area contributed by atoms with E-state index in [0.717, 1.165) is 0 Å². The number of alkyl halides is 1. The van der Waals surface area contributed by atoms with E-state index in [2.05, 4.69) is 11.1 Å². The number of fused-ring (bicyclic) bond motifs is 2. The first kappa shape index (κ1) is 26.7. The molecule has 4 amide bonds. The van der Waals surface area contributed by atoms with Crippen molar-refractivity contribution in [2.75, 3.05) is 17.4 Å². The summed E-state index contributed by atoms with van der Waals surface area (Å²) in [6, 6.07) is 13.0. The number of hydrogen-bond acceptors (Lipinski definition) is 6. The zero-order valence-electron chi connectivity index (χ0n) is 25.0. The molecular formula is C22H26IK2N3O5. The number of imide groups is 2. The van der Waals surface area contributed by atoms with Gasteiger partial charge < -0.3 is 26.1 Å². The van der Waals surface area contributed by atoms with Crippen molar-refractivity contribution in [3.8, 4) is 0 Å². The Morgan fingerprint density at radius 1 is 0.818 bits per heavy atom. The van der Waals surface area contributed by atoms with Crippen LogP contribution in [0.25, 0.3) is 5.32 Å². The summed E-state index contributed by atoms with van der Waals surface area (Å²) in [7, 11) is 0. The average Bonchev–Trinajstić information content (AvgIpc) is 3.13. The number of halogens is 1. The molecule has 0 atom stereocenters. The summed E-state index contributed by atoms with van der Waals surface area (Å²) in [5.41, 5.74) is 6.06. The summed E-state index contributed by atoms with van der Waals surface area (Å²) in [6.45, 7) is 0.530. The molecule has 2 heterocycles. The van der Waals surface area contributed by atoms with Crippen LogP contribution in [0.15, 0.2) is 48.5 Å². The molecule has 0 radical (unpaired) electrons. The summed E-state index contributed by atoms with van der Waals surface area (Å²) in [5, 5.41) is 3.28. The van der Waals surface area contributed by atoms with Crippen molar-refractivity contribution < 1.29 is 136 Å². The predicted octanol–water partition coefficient (Wildman–Crippen LogP) is -2.11. The van der Waals surface area contributed by atoms with Gasteiger partial charge in [-0.2, -0.15) is 0 Å². The maximum atomic E-state index is 11.7. The molecule has 0 saturated heterocycles. The molecule has 2 aromatic carbocycles. The summed E-state index contributed by atoms with van der Waals surface area (Å²) < 4.78 is 39.7. The molecule has 0 spiro atoms. The van der Waals surface area contributed by atoms with Gasteiger partial charge in [-0.1, -0.05) is 72.8 Å². The van der Waals surface area contributed by atoms with Gasteiger partial charge in [0.25, 0.3) is 11.8 Å². The van der Waals surface area contributed by atoms with E-state index in [-0.39, 0.29) is 119 Å². The molecule has 8 nitrogen and oxygen atoms in total. The van der Waals surface area contributed by atoms with E-state index in [1.807, 2.05) is 0 Å². The van der Waals surface area contributed by atoms with Gasteiger partial charge in [-0.15, -0.1) is 0 Å². The fourth-order valence-electron chi connectivity index (χ4n) is 2.46. The third-order valence-electron chi connectivity index (χ3n) is 3.61. The molecule has 0 fully saturated rings. The maximum absolute atomic E-state index is 11.7. The fraction of sp³-hybridized carbons (Fsp3) is 0.273. The second-order valence-electron chi connectivity index (χ2n) is 5.46. The monoisotopic (exact) mass is 623 g/mol. The summed E-state index contributed by atoms with van der Waals surface area (Å²) in [6.07, 6.45) is 0. The Hall–Kier alpha value is 0.643. The van der Waals surface area contributed by atoms with Gasteiger partial charge in [0.15, 0.2) is 0 Å². The molecular weight excluding hydrogens is 591 g/mol. The topological polar surface area (TPSA) is 142 Å². The average molecular weight is 624 g/mol. The van der Waals surface area contributed by atoms with Crippen LogP contribution >= 0.6 is 22.6 Å². The molecule has 0 bridgehead atoms. The largest absolute Gasteiger partial charge is 1.00 e. The van der Waals surface area contributed by atoms with Gasteiger partial charge in [-0.05, 0) is 29.9 Å². The van der Waals surface area contributed by atoms with Crippen molar-refractivity contribution in [1.29, 1.82) is 0 Å². The van der Waals surface area contributed by atoms with Crippen molar-refractivity contribution in [3.63, 3.8) is 0 Å². The molecule has 0 aromatic heterocycles. The predicted molar refractivity (Wildman–Crippen MR) is 127 cm³/mol. The van der Waals surface area contributed by atoms with Crippen LogP contribution in [-0.4, -0.2) is 51.4 Å². The van der Waals surface area contributed by atoms with Crippen LogP contribution in [-0.2, 0) is 0 Å². The number of rotatable bonds is 1. The van der Waals surface area contributed by atoms with Crippen LogP contribution in [0.4, 0.5) is 0 Å². The summed E-state index contributed by atoms with van der Waals surface area (Å²) >= 11 is 1.71. The smallest absolute Gasteiger partial charge is 0.870 e. The van der Waals surface area contributed by atoms with Gasteiger partial charge >= 0.3 is 103 Å². The Bertz CT molecular complexity index is 1070. The quantitative estimate of drug-likeness (QED) is 0.167. The van der Waals surface area contributed by atoms with Gasteiger partial charge in [-0.25, -0.2) is 0 Å². The van der Waals surface area contributed by atoms with E-state index < -0.39 is 41.0 Å². The Balaban J connectivity index is -0.000000479. The minimum Gasteiger partial charge on any atom is -0.870 e. The molecule has 33 heavy (non-hydrogen) atoms. The molecule has 168 valence electrons. The zero-order valence-corrected chi connectivity index (χ0v) is 27.5. The first-order valence-corrected chi connectivity index (χ1v) is 9.65. The number of nitrogens with two attached hydrogens (primary N) is 1. The number of hydrogen-bond donors (Lipinski definition) is 1. The Morgan fingerprint density at radius 2 is 1.09 bits per heavy atom. The standard InChI is InChI=1S/C10H9NO2.C8H5NO2.C2H5I.C2H7N.2K.H2O/c1-2-11-9(12)7-5-3-4-6-8(7)10(11)13;10-7-5-3-1-2-4-6(5)8(11)9-7;2*1-2-3;;;/h3-6H,2H2,1H3;1-4H,(H,9,10,11);2H2,1H3;2-3H2,1H3;;;1H2/q;;;;2*+1;/p-2/i2D2;;2*2D2;;;. The van der Waals surface area contributed by atoms with Crippen molar-refractivity contribution >= 4 is 46.2 Å². The van der Waals surface area contributed by atoms with Gasteiger partial charge in [-0.3, -0.25) is 14.5 Å². The molecule has 2 aliphatic rings. The molecule has 0 unspecified atom stereocenters. The Morgan fingerprint density at radius 3 is 1.36 bits per heavy atom. The van der Waals surface area contributed by atoms with E-state index in [1.54, 1.807) is 59.0 Å². The Labute approximate surface area is 301 Å². The zero-order chi connectivity index (χ0) is 28.1. The van der Waals surface area contributed by atoms with Crippen molar-refractivity contribution in [2.24, 2.45) is 5.73 Å². The van der Waals surface area contributed by atoms with E-state index >= 15 is 0 Å². The minimum absolute atomic E-state index is 0. The molecule has 2 aromatic rings. The van der Waals surface area contributed by atoms with Crippen LogP contribution in [0.2, 0.25) is 0 Å². The van der Waals surface area contributed by atoms with E-state index in [0.29, 0.717) is 16.0 Å². The van der Waals surface area contributed by atoms with Crippen molar-refractivity contribution in [1.82, 2.24) is 4.90 Å². The van der Waals surface area contributed by atoms with Crippen molar-refractivity contribution in [2.45, 2.75) is 20.8 Å². The summed E-state index contributed by atoms with van der Waals surface area (Å²) in [5.74, 6) is -1.98. The van der Waals surface area contributed by atoms with Crippen LogP contribution in [0.5, 0.6) is 0 Å². The number of nitrogens with zero attached hydrogens (tertiary/aromatic N) is 2.